The van der Waals surface area contributed by atoms with Crippen LogP contribution >= 0.6 is 0 Å². The van der Waals surface area contributed by atoms with Gasteiger partial charge in [0.1, 0.15) is 5.82 Å². The maximum atomic E-state index is 5.80. The van der Waals surface area contributed by atoms with Crippen LogP contribution in [0.1, 0.15) is 26.2 Å². The van der Waals surface area contributed by atoms with Gasteiger partial charge in [-0.1, -0.05) is 6.42 Å². The number of aromatic nitrogens is 1. The summed E-state index contributed by atoms with van der Waals surface area (Å²) in [5.41, 5.74) is 6.38. The van der Waals surface area contributed by atoms with Gasteiger partial charge in [-0.25, -0.2) is 0 Å². The number of nitrogens with two attached hydrogens (primary N) is 1. The number of hydrogen-bond donors (Lipinski definition) is 2. The van der Waals surface area contributed by atoms with Crippen molar-refractivity contribution in [1.82, 2.24) is 9.88 Å². The summed E-state index contributed by atoms with van der Waals surface area (Å²) < 4.78 is 5.39. The normalized spacial score (nSPS) is 16.3. The van der Waals surface area contributed by atoms with Gasteiger partial charge in [0.25, 0.3) is 0 Å². The SMILES string of the molecule is CCOc1nc(NCCN2CCCCC2)ccc1N. The highest BCUT2D eigenvalue weighted by Crippen LogP contribution is 2.20. The molecule has 1 aliphatic rings. The molecular formula is C14H24N4O. The van der Waals surface area contributed by atoms with Crippen LogP contribution in [0.15, 0.2) is 12.1 Å². The van der Waals surface area contributed by atoms with Crippen LogP contribution in [0.2, 0.25) is 0 Å². The lowest BCUT2D eigenvalue weighted by Gasteiger charge is -2.26. The van der Waals surface area contributed by atoms with Crippen molar-refractivity contribution in [2.45, 2.75) is 26.2 Å². The number of hydrogen-bond acceptors (Lipinski definition) is 5. The van der Waals surface area contributed by atoms with E-state index in [4.69, 9.17) is 10.5 Å². The summed E-state index contributed by atoms with van der Waals surface area (Å²) in [5, 5.41) is 3.33. The monoisotopic (exact) mass is 264 g/mol. The molecule has 1 aromatic rings. The van der Waals surface area contributed by atoms with Crippen LogP contribution in [0.4, 0.5) is 11.5 Å². The summed E-state index contributed by atoms with van der Waals surface area (Å²) in [6, 6.07) is 3.73. The fourth-order valence-corrected chi connectivity index (χ4v) is 2.33. The lowest BCUT2D eigenvalue weighted by Crippen LogP contribution is -2.33. The predicted molar refractivity (Wildman–Crippen MR) is 78.6 cm³/mol. The highest BCUT2D eigenvalue weighted by atomic mass is 16.5. The second-order valence-electron chi connectivity index (χ2n) is 4.85. The number of piperidine rings is 1. The quantitative estimate of drug-likeness (QED) is 0.822. The Morgan fingerprint density at radius 2 is 2.11 bits per heavy atom. The Hall–Kier alpha value is -1.49. The van der Waals surface area contributed by atoms with Gasteiger partial charge in [-0.15, -0.1) is 0 Å². The van der Waals surface area contributed by atoms with E-state index in [0.29, 0.717) is 18.2 Å². The Kier molecular flexibility index (Phi) is 5.27. The zero-order valence-corrected chi connectivity index (χ0v) is 11.7. The van der Waals surface area contributed by atoms with E-state index in [1.807, 2.05) is 19.1 Å². The molecule has 19 heavy (non-hydrogen) atoms. The maximum Gasteiger partial charge on any atom is 0.239 e. The maximum absolute atomic E-state index is 5.80. The Bertz CT molecular complexity index is 391. The molecule has 1 fully saturated rings. The van der Waals surface area contributed by atoms with Crippen LogP contribution in [-0.4, -0.2) is 42.7 Å². The first-order chi connectivity index (χ1) is 9.29. The number of anilines is 2. The summed E-state index contributed by atoms with van der Waals surface area (Å²) in [4.78, 5) is 6.87. The summed E-state index contributed by atoms with van der Waals surface area (Å²) in [7, 11) is 0. The van der Waals surface area contributed by atoms with Crippen molar-refractivity contribution in [3.8, 4) is 5.88 Å². The van der Waals surface area contributed by atoms with Crippen LogP contribution in [-0.2, 0) is 0 Å². The number of nitrogen functional groups attached to an aromatic ring is 1. The molecule has 106 valence electrons. The van der Waals surface area contributed by atoms with Crippen molar-refractivity contribution < 1.29 is 4.74 Å². The molecule has 0 aliphatic carbocycles. The molecule has 0 bridgehead atoms. The molecule has 2 rings (SSSR count). The minimum absolute atomic E-state index is 0.519. The summed E-state index contributed by atoms with van der Waals surface area (Å²) in [6.45, 7) is 6.92. The van der Waals surface area contributed by atoms with Gasteiger partial charge in [0, 0.05) is 13.1 Å². The second-order valence-corrected chi connectivity index (χ2v) is 4.85. The molecule has 0 unspecified atom stereocenters. The number of likely N-dealkylation sites (tertiary alicyclic amines) is 1. The smallest absolute Gasteiger partial charge is 0.239 e. The van der Waals surface area contributed by atoms with E-state index in [-0.39, 0.29) is 0 Å². The fourth-order valence-electron chi connectivity index (χ4n) is 2.33. The third kappa shape index (κ3) is 4.28. The minimum atomic E-state index is 0.519. The lowest BCUT2D eigenvalue weighted by molar-refractivity contribution is 0.237. The van der Waals surface area contributed by atoms with Gasteiger partial charge >= 0.3 is 0 Å². The van der Waals surface area contributed by atoms with Crippen LogP contribution in [0.25, 0.3) is 0 Å². The van der Waals surface area contributed by atoms with E-state index in [1.54, 1.807) is 0 Å². The topological polar surface area (TPSA) is 63.4 Å². The largest absolute Gasteiger partial charge is 0.476 e. The first-order valence-corrected chi connectivity index (χ1v) is 7.15. The Morgan fingerprint density at radius 1 is 1.32 bits per heavy atom. The van der Waals surface area contributed by atoms with Gasteiger partial charge < -0.3 is 20.7 Å². The molecule has 0 atom stereocenters. The van der Waals surface area contributed by atoms with Crippen molar-refractivity contribution in [1.29, 1.82) is 0 Å². The zero-order chi connectivity index (χ0) is 13.5. The van der Waals surface area contributed by atoms with E-state index in [1.165, 1.54) is 32.4 Å². The fraction of sp³-hybridized carbons (Fsp3) is 0.643. The number of nitrogens with zero attached hydrogens (tertiary/aromatic N) is 2. The Balaban J connectivity index is 1.80. The minimum Gasteiger partial charge on any atom is -0.476 e. The Morgan fingerprint density at radius 3 is 2.84 bits per heavy atom. The molecule has 1 aliphatic heterocycles. The molecule has 1 saturated heterocycles. The summed E-state index contributed by atoms with van der Waals surface area (Å²) in [5.74, 6) is 1.35. The van der Waals surface area contributed by atoms with Crippen LogP contribution in [0.3, 0.4) is 0 Å². The van der Waals surface area contributed by atoms with Crippen LogP contribution < -0.4 is 15.8 Å². The van der Waals surface area contributed by atoms with Crippen molar-refractivity contribution in [2.24, 2.45) is 0 Å². The van der Waals surface area contributed by atoms with Gasteiger partial charge in [0.05, 0.1) is 12.3 Å². The predicted octanol–water partition coefficient (Wildman–Crippen LogP) is 1.96. The average molecular weight is 264 g/mol. The molecular weight excluding hydrogens is 240 g/mol. The van der Waals surface area contributed by atoms with Crippen molar-refractivity contribution in [3.63, 3.8) is 0 Å². The highest BCUT2D eigenvalue weighted by molar-refractivity contribution is 5.53. The molecule has 0 aromatic carbocycles. The first kappa shape index (κ1) is 13.9. The van der Waals surface area contributed by atoms with E-state index in [2.05, 4.69) is 15.2 Å². The molecule has 5 heteroatoms. The number of pyridine rings is 1. The van der Waals surface area contributed by atoms with Crippen molar-refractivity contribution >= 4 is 11.5 Å². The average Bonchev–Trinajstić information content (AvgIpc) is 2.44. The molecule has 1 aromatic heterocycles. The van der Waals surface area contributed by atoms with Crippen LogP contribution in [0, 0.1) is 0 Å². The Labute approximate surface area is 115 Å². The van der Waals surface area contributed by atoms with E-state index < -0.39 is 0 Å². The first-order valence-electron chi connectivity index (χ1n) is 7.15. The number of nitrogens with one attached hydrogen (secondary N) is 1. The van der Waals surface area contributed by atoms with Gasteiger partial charge in [0.2, 0.25) is 5.88 Å². The van der Waals surface area contributed by atoms with Gasteiger partial charge in [-0.05, 0) is 45.0 Å². The van der Waals surface area contributed by atoms with Gasteiger partial charge in [-0.3, -0.25) is 0 Å². The number of rotatable bonds is 6. The zero-order valence-electron chi connectivity index (χ0n) is 11.7. The molecule has 0 saturated carbocycles. The van der Waals surface area contributed by atoms with E-state index in [9.17, 15) is 0 Å². The molecule has 5 nitrogen and oxygen atoms in total. The van der Waals surface area contributed by atoms with Crippen molar-refractivity contribution in [3.05, 3.63) is 12.1 Å². The van der Waals surface area contributed by atoms with Gasteiger partial charge in [-0.2, -0.15) is 4.98 Å². The van der Waals surface area contributed by atoms with Gasteiger partial charge in [0.15, 0.2) is 0 Å². The third-order valence-corrected chi connectivity index (χ3v) is 3.35. The highest BCUT2D eigenvalue weighted by Gasteiger charge is 2.09. The molecule has 0 amide bonds. The third-order valence-electron chi connectivity index (χ3n) is 3.35. The van der Waals surface area contributed by atoms with Crippen molar-refractivity contribution in [2.75, 3.05) is 43.8 Å². The van der Waals surface area contributed by atoms with Crippen LogP contribution in [0.5, 0.6) is 5.88 Å². The van der Waals surface area contributed by atoms with E-state index in [0.717, 1.165) is 18.9 Å². The standard InChI is InChI=1S/C14H24N4O/c1-2-19-14-12(15)6-7-13(17-14)16-8-11-18-9-4-3-5-10-18/h6-7H,2-5,8-11,15H2,1H3,(H,16,17). The van der Waals surface area contributed by atoms with E-state index >= 15 is 0 Å². The molecule has 3 N–H and O–H groups in total. The molecule has 0 spiro atoms. The molecule has 0 radical (unpaired) electrons. The summed E-state index contributed by atoms with van der Waals surface area (Å²) >= 11 is 0. The second kappa shape index (κ2) is 7.19. The number of ether oxygens (including phenoxy) is 1. The summed E-state index contributed by atoms with van der Waals surface area (Å²) in [6.07, 6.45) is 4.03. The molecule has 2 heterocycles. The lowest BCUT2D eigenvalue weighted by atomic mass is 10.1.